The van der Waals surface area contributed by atoms with E-state index in [1.165, 1.54) is 11.1 Å². The number of aromatic hydroxyl groups is 1. The molecule has 0 aromatic heterocycles. The highest BCUT2D eigenvalue weighted by molar-refractivity contribution is 5.45. The summed E-state index contributed by atoms with van der Waals surface area (Å²) in [5, 5.41) is 8.63. The third-order valence-corrected chi connectivity index (χ3v) is 4.04. The molecule has 0 unspecified atom stereocenters. The van der Waals surface area contributed by atoms with Crippen LogP contribution in [0.3, 0.4) is 0 Å². The van der Waals surface area contributed by atoms with Gasteiger partial charge in [0.25, 0.3) is 0 Å². The molecule has 1 N–H and O–H groups in total. The van der Waals surface area contributed by atoms with E-state index in [-0.39, 0.29) is 0 Å². The Hall–Kier alpha value is -3.84. The van der Waals surface area contributed by atoms with Crippen molar-refractivity contribution in [2.75, 3.05) is 0 Å². The zero-order chi connectivity index (χ0) is 23.1. The predicted molar refractivity (Wildman–Crippen MR) is 142 cm³/mol. The molecule has 0 radical (unpaired) electrons. The van der Waals surface area contributed by atoms with Gasteiger partial charge < -0.3 is 5.11 Å². The first-order chi connectivity index (χ1) is 15.7. The van der Waals surface area contributed by atoms with Crippen molar-refractivity contribution >= 4 is 6.08 Å². The molecular weight excluding hydrogens is 388 g/mol. The van der Waals surface area contributed by atoms with Crippen molar-refractivity contribution in [1.29, 1.82) is 0 Å². The first kappa shape index (κ1) is 26.2. The van der Waals surface area contributed by atoms with E-state index < -0.39 is 0 Å². The zero-order valence-electron chi connectivity index (χ0n) is 18.9. The van der Waals surface area contributed by atoms with Gasteiger partial charge in [0.2, 0.25) is 0 Å². The number of aryl methyl sites for hydroxylation is 1. The highest BCUT2D eigenvalue weighted by Crippen LogP contribution is 2.02. The van der Waals surface area contributed by atoms with Gasteiger partial charge in [-0.1, -0.05) is 146 Å². The van der Waals surface area contributed by atoms with Crippen LogP contribution < -0.4 is 0 Å². The normalized spacial score (nSPS) is 11.4. The highest BCUT2D eigenvalue weighted by atomic mass is 16.3. The van der Waals surface area contributed by atoms with Crippen LogP contribution in [0.15, 0.2) is 146 Å². The molecule has 0 heterocycles. The Morgan fingerprint density at radius 3 is 1.16 bits per heavy atom. The van der Waals surface area contributed by atoms with Crippen molar-refractivity contribution in [2.45, 2.75) is 19.8 Å². The van der Waals surface area contributed by atoms with Gasteiger partial charge in [0.15, 0.2) is 0 Å². The van der Waals surface area contributed by atoms with E-state index in [0.717, 1.165) is 12.8 Å². The first-order valence-corrected chi connectivity index (χ1v) is 10.8. The number of hydrogen-bond donors (Lipinski definition) is 1. The Kier molecular flexibility index (Phi) is 15.7. The monoisotopic (exact) mass is 422 g/mol. The molecule has 0 saturated carbocycles. The largest absolute Gasteiger partial charge is 0.508 e. The lowest BCUT2D eigenvalue weighted by Gasteiger charge is -1.85. The highest BCUT2D eigenvalue weighted by Gasteiger charge is 1.76. The van der Waals surface area contributed by atoms with Gasteiger partial charge in [-0.05, 0) is 37.5 Å². The van der Waals surface area contributed by atoms with Crippen molar-refractivity contribution in [2.24, 2.45) is 0 Å². The average molecular weight is 423 g/mol. The number of benzene rings is 3. The van der Waals surface area contributed by atoms with Crippen LogP contribution in [-0.4, -0.2) is 5.11 Å². The Labute approximate surface area is 194 Å². The molecule has 32 heavy (non-hydrogen) atoms. The van der Waals surface area contributed by atoms with Crippen LogP contribution in [0.2, 0.25) is 0 Å². The van der Waals surface area contributed by atoms with Crippen LogP contribution in [0.25, 0.3) is 6.08 Å². The Bertz CT molecular complexity index is 854. The number of para-hydroxylation sites is 1. The molecular formula is C31H34O. The number of rotatable bonds is 1. The lowest BCUT2D eigenvalue weighted by Crippen LogP contribution is -1.63. The predicted octanol–water partition coefficient (Wildman–Crippen LogP) is 8.72. The van der Waals surface area contributed by atoms with Crippen LogP contribution in [0, 0.1) is 6.92 Å². The van der Waals surface area contributed by atoms with E-state index in [1.54, 1.807) is 24.3 Å². The third-order valence-electron chi connectivity index (χ3n) is 4.04. The van der Waals surface area contributed by atoms with Crippen LogP contribution in [0.4, 0.5) is 0 Å². The molecule has 2 aliphatic carbocycles. The second kappa shape index (κ2) is 19.1. The number of phenolic OH excluding ortho intramolecular Hbond substituents is 1. The number of hydrogen-bond acceptors (Lipinski definition) is 1. The van der Waals surface area contributed by atoms with E-state index in [9.17, 15) is 0 Å². The van der Waals surface area contributed by atoms with Gasteiger partial charge in [0.1, 0.15) is 5.75 Å². The summed E-state index contributed by atoms with van der Waals surface area (Å²) in [5.41, 5.74) is 2.50. The second-order valence-electron chi connectivity index (χ2n) is 6.79. The molecule has 164 valence electrons. The minimum atomic E-state index is 0.322. The zero-order valence-corrected chi connectivity index (χ0v) is 18.9. The summed E-state index contributed by atoms with van der Waals surface area (Å²) in [5.74, 6) is 0.322. The molecule has 5 rings (SSSR count). The third kappa shape index (κ3) is 16.0. The summed E-state index contributed by atoms with van der Waals surface area (Å²) in [6.45, 7) is 5.71. The fraction of sp³-hybridized carbons (Fsp3) is 0.0968. The summed E-state index contributed by atoms with van der Waals surface area (Å²) in [6, 6.07) is 29.0. The smallest absolute Gasteiger partial charge is 0.115 e. The van der Waals surface area contributed by atoms with Crippen molar-refractivity contribution < 1.29 is 5.11 Å². The van der Waals surface area contributed by atoms with Gasteiger partial charge in [-0.2, -0.15) is 0 Å². The molecule has 0 amide bonds. The molecule has 0 aliphatic heterocycles. The summed E-state index contributed by atoms with van der Waals surface area (Å²) < 4.78 is 0. The molecule has 0 saturated heterocycles. The van der Waals surface area contributed by atoms with E-state index in [1.807, 2.05) is 60.7 Å². The van der Waals surface area contributed by atoms with Gasteiger partial charge in [0, 0.05) is 0 Å². The van der Waals surface area contributed by atoms with Crippen LogP contribution >= 0.6 is 0 Å². The van der Waals surface area contributed by atoms with E-state index in [4.69, 9.17) is 5.11 Å². The van der Waals surface area contributed by atoms with Gasteiger partial charge in [-0.15, -0.1) is 0 Å². The summed E-state index contributed by atoms with van der Waals surface area (Å²) in [4.78, 5) is 0. The SMILES string of the molecule is C1=CCC=C1.C1=CCC=C1.C=Cc1ccccc1.Cc1ccccc1.Oc1ccccc1. The topological polar surface area (TPSA) is 20.2 Å². The van der Waals surface area contributed by atoms with E-state index in [0.29, 0.717) is 5.75 Å². The summed E-state index contributed by atoms with van der Waals surface area (Å²) in [6.07, 6.45) is 20.8. The maximum atomic E-state index is 8.63. The molecule has 1 nitrogen and oxygen atoms in total. The second-order valence-corrected chi connectivity index (χ2v) is 6.79. The van der Waals surface area contributed by atoms with Gasteiger partial charge in [-0.3, -0.25) is 0 Å². The van der Waals surface area contributed by atoms with Crippen LogP contribution in [-0.2, 0) is 0 Å². The van der Waals surface area contributed by atoms with Crippen LogP contribution in [0.1, 0.15) is 24.0 Å². The van der Waals surface area contributed by atoms with Crippen molar-refractivity contribution in [3.63, 3.8) is 0 Å². The molecule has 1 heteroatoms. The maximum Gasteiger partial charge on any atom is 0.115 e. The Morgan fingerprint density at radius 1 is 0.594 bits per heavy atom. The molecule has 3 aromatic rings. The molecule has 3 aromatic carbocycles. The van der Waals surface area contributed by atoms with E-state index >= 15 is 0 Å². The minimum absolute atomic E-state index is 0.322. The number of phenols is 1. The summed E-state index contributed by atoms with van der Waals surface area (Å²) in [7, 11) is 0. The van der Waals surface area contributed by atoms with Gasteiger partial charge in [-0.25, -0.2) is 0 Å². The fourth-order valence-corrected chi connectivity index (χ4v) is 2.34. The molecule has 2 aliphatic rings. The molecule has 0 bridgehead atoms. The van der Waals surface area contributed by atoms with Crippen molar-refractivity contribution in [1.82, 2.24) is 0 Å². The fourth-order valence-electron chi connectivity index (χ4n) is 2.34. The Balaban J connectivity index is 0.000000202. The van der Waals surface area contributed by atoms with Gasteiger partial charge >= 0.3 is 0 Å². The average Bonchev–Trinajstić information content (AvgIpc) is 3.61. The number of allylic oxidation sites excluding steroid dienone is 8. The minimum Gasteiger partial charge on any atom is -0.508 e. The summed E-state index contributed by atoms with van der Waals surface area (Å²) >= 11 is 0. The van der Waals surface area contributed by atoms with Gasteiger partial charge in [0.05, 0.1) is 0 Å². The standard InChI is InChI=1S/C8H8.C7H8.C6H6O.2C5H6/c1-2-8-6-4-3-5-7-8;1-7-5-3-2-4-6-7;7-6-4-2-1-3-5-6;2*1-2-4-5-3-1/h2-7H,1H2;2-6H,1H3;1-5,7H;2*1-4H,5H2. The quantitative estimate of drug-likeness (QED) is 0.416. The van der Waals surface area contributed by atoms with E-state index in [2.05, 4.69) is 74.2 Å². The maximum absolute atomic E-state index is 8.63. The molecule has 0 spiro atoms. The van der Waals surface area contributed by atoms with Crippen molar-refractivity contribution in [3.05, 3.63) is 157 Å². The first-order valence-electron chi connectivity index (χ1n) is 10.8. The van der Waals surface area contributed by atoms with Crippen LogP contribution in [0.5, 0.6) is 5.75 Å². The Morgan fingerprint density at radius 2 is 0.969 bits per heavy atom. The van der Waals surface area contributed by atoms with Crippen molar-refractivity contribution in [3.8, 4) is 5.75 Å². The lowest BCUT2D eigenvalue weighted by atomic mass is 10.2. The molecule has 0 atom stereocenters. The lowest BCUT2D eigenvalue weighted by molar-refractivity contribution is 0.475. The molecule has 0 fully saturated rings.